The molecule has 2 unspecified atom stereocenters. The largest absolute Gasteiger partial charge is 0.476 e. The van der Waals surface area contributed by atoms with Crippen molar-refractivity contribution < 1.29 is 14.4 Å². The Morgan fingerprint density at radius 2 is 2.40 bits per heavy atom. The molecule has 80 valence electrons. The van der Waals surface area contributed by atoms with E-state index in [1.54, 1.807) is 0 Å². The molecule has 2 aliphatic rings. The molecule has 0 aromatic carbocycles. The topological polar surface area (TPSA) is 66.6 Å². The van der Waals surface area contributed by atoms with Gasteiger partial charge < -0.3 is 9.63 Å². The molecule has 0 saturated carbocycles. The zero-order chi connectivity index (χ0) is 10.6. The van der Waals surface area contributed by atoms with Crippen molar-refractivity contribution in [2.45, 2.75) is 31.3 Å². The molecule has 2 atom stereocenters. The Morgan fingerprint density at radius 3 is 3.13 bits per heavy atom. The molecule has 15 heavy (non-hydrogen) atoms. The predicted octanol–water partition coefficient (Wildman–Crippen LogP) is 1.06. The quantitative estimate of drug-likeness (QED) is 0.747. The second-order valence-electron chi connectivity index (χ2n) is 4.29. The van der Waals surface area contributed by atoms with Crippen LogP contribution in [0.15, 0.2) is 4.52 Å². The molecule has 2 aliphatic heterocycles. The molecule has 2 bridgehead atoms. The normalized spacial score (nSPS) is 29.1. The lowest BCUT2D eigenvalue weighted by Gasteiger charge is -2.29. The van der Waals surface area contributed by atoms with Crippen molar-refractivity contribution in [1.82, 2.24) is 10.1 Å². The van der Waals surface area contributed by atoms with Gasteiger partial charge in [0.15, 0.2) is 5.69 Å². The fourth-order valence-electron chi connectivity index (χ4n) is 2.80. The summed E-state index contributed by atoms with van der Waals surface area (Å²) in [6, 6.07) is 0.688. The molecule has 1 fully saturated rings. The van der Waals surface area contributed by atoms with Crippen LogP contribution in [-0.4, -0.2) is 34.2 Å². The number of carboxylic acids is 1. The van der Waals surface area contributed by atoms with Crippen molar-refractivity contribution in [1.29, 1.82) is 0 Å². The highest BCUT2D eigenvalue weighted by molar-refractivity contribution is 5.87. The molecule has 5 heteroatoms. The van der Waals surface area contributed by atoms with E-state index in [9.17, 15) is 4.79 Å². The van der Waals surface area contributed by atoms with E-state index in [1.807, 2.05) is 7.05 Å². The fourth-order valence-corrected chi connectivity index (χ4v) is 2.80. The molecule has 3 rings (SSSR count). The lowest BCUT2D eigenvalue weighted by molar-refractivity contribution is 0.0683. The Balaban J connectivity index is 2.14. The highest BCUT2D eigenvalue weighted by Crippen LogP contribution is 2.43. The van der Waals surface area contributed by atoms with E-state index in [4.69, 9.17) is 9.63 Å². The minimum atomic E-state index is -0.987. The van der Waals surface area contributed by atoms with Gasteiger partial charge >= 0.3 is 5.97 Å². The van der Waals surface area contributed by atoms with Crippen molar-refractivity contribution in [3.05, 3.63) is 17.0 Å². The summed E-state index contributed by atoms with van der Waals surface area (Å²) in [6.45, 7) is 0. The number of nitrogens with zero attached hydrogens (tertiary/aromatic N) is 2. The van der Waals surface area contributed by atoms with Gasteiger partial charge in [0.25, 0.3) is 0 Å². The summed E-state index contributed by atoms with van der Waals surface area (Å²) >= 11 is 0. The summed E-state index contributed by atoms with van der Waals surface area (Å²) in [5, 5.41) is 12.7. The number of hydrogen-bond donors (Lipinski definition) is 1. The second-order valence-corrected chi connectivity index (χ2v) is 4.29. The molecule has 1 saturated heterocycles. The standard InChI is InChI=1S/C10H12N2O3/c1-12-5-2-3-6(12)8-7(4-5)15-11-9(8)10(13)14/h5-6H,2-4H2,1H3,(H,13,14). The minimum Gasteiger partial charge on any atom is -0.476 e. The monoisotopic (exact) mass is 208 g/mol. The zero-order valence-electron chi connectivity index (χ0n) is 8.43. The van der Waals surface area contributed by atoms with E-state index in [1.165, 1.54) is 0 Å². The van der Waals surface area contributed by atoms with Crippen LogP contribution in [0.5, 0.6) is 0 Å². The van der Waals surface area contributed by atoms with Crippen LogP contribution in [0.2, 0.25) is 0 Å². The van der Waals surface area contributed by atoms with Crippen LogP contribution in [0.25, 0.3) is 0 Å². The summed E-state index contributed by atoms with van der Waals surface area (Å²) in [5.41, 5.74) is 0.904. The number of aromatic nitrogens is 1. The number of rotatable bonds is 1. The zero-order valence-corrected chi connectivity index (χ0v) is 8.43. The number of carbonyl (C=O) groups is 1. The summed E-state index contributed by atoms with van der Waals surface area (Å²) in [7, 11) is 2.05. The van der Waals surface area contributed by atoms with Crippen molar-refractivity contribution in [2.75, 3.05) is 7.05 Å². The summed E-state index contributed by atoms with van der Waals surface area (Å²) in [4.78, 5) is 13.2. The van der Waals surface area contributed by atoms with Gasteiger partial charge in [-0.3, -0.25) is 4.90 Å². The number of hydrogen-bond acceptors (Lipinski definition) is 4. The lowest BCUT2D eigenvalue weighted by atomic mass is 9.99. The van der Waals surface area contributed by atoms with Gasteiger partial charge in [0.05, 0.1) is 0 Å². The van der Waals surface area contributed by atoms with E-state index < -0.39 is 5.97 Å². The smallest absolute Gasteiger partial charge is 0.358 e. The van der Waals surface area contributed by atoms with Gasteiger partial charge in [0.2, 0.25) is 0 Å². The maximum absolute atomic E-state index is 11.0. The van der Waals surface area contributed by atoms with Crippen LogP contribution >= 0.6 is 0 Å². The van der Waals surface area contributed by atoms with Crippen LogP contribution in [0, 0.1) is 0 Å². The van der Waals surface area contributed by atoms with Gasteiger partial charge in [-0.05, 0) is 19.9 Å². The van der Waals surface area contributed by atoms with Gasteiger partial charge in [-0.15, -0.1) is 0 Å². The van der Waals surface area contributed by atoms with Crippen LogP contribution < -0.4 is 0 Å². The number of carboxylic acid groups (broad SMARTS) is 1. The Morgan fingerprint density at radius 1 is 1.60 bits per heavy atom. The van der Waals surface area contributed by atoms with E-state index >= 15 is 0 Å². The Hall–Kier alpha value is -1.36. The molecule has 0 amide bonds. The summed E-state index contributed by atoms with van der Waals surface area (Å²) in [6.07, 6.45) is 2.92. The third-order valence-corrected chi connectivity index (χ3v) is 3.60. The molecule has 0 spiro atoms. The average molecular weight is 208 g/mol. The minimum absolute atomic E-state index is 0.0993. The molecular weight excluding hydrogens is 196 g/mol. The highest BCUT2D eigenvalue weighted by atomic mass is 16.5. The molecule has 5 nitrogen and oxygen atoms in total. The van der Waals surface area contributed by atoms with E-state index in [2.05, 4.69) is 10.1 Å². The Labute approximate surface area is 86.7 Å². The van der Waals surface area contributed by atoms with Gasteiger partial charge in [0.1, 0.15) is 5.76 Å². The van der Waals surface area contributed by atoms with Crippen molar-refractivity contribution in [3.63, 3.8) is 0 Å². The van der Waals surface area contributed by atoms with E-state index in [-0.39, 0.29) is 11.7 Å². The lowest BCUT2D eigenvalue weighted by Crippen LogP contribution is -2.34. The molecule has 1 aromatic heterocycles. The highest BCUT2D eigenvalue weighted by Gasteiger charge is 2.42. The molecule has 0 aliphatic carbocycles. The first-order chi connectivity index (χ1) is 7.18. The summed E-state index contributed by atoms with van der Waals surface area (Å²) < 4.78 is 5.12. The van der Waals surface area contributed by atoms with Crippen LogP contribution in [-0.2, 0) is 6.42 Å². The van der Waals surface area contributed by atoms with Gasteiger partial charge in [-0.25, -0.2) is 4.79 Å². The summed E-state index contributed by atoms with van der Waals surface area (Å²) in [5.74, 6) is -0.211. The Kier molecular flexibility index (Phi) is 1.68. The number of fused-ring (bicyclic) bond motifs is 4. The molecular formula is C10H12N2O3. The van der Waals surface area contributed by atoms with Crippen molar-refractivity contribution >= 4 is 5.97 Å². The third-order valence-electron chi connectivity index (χ3n) is 3.60. The molecule has 1 aromatic rings. The van der Waals surface area contributed by atoms with Crippen LogP contribution in [0.4, 0.5) is 0 Å². The maximum atomic E-state index is 11.0. The van der Waals surface area contributed by atoms with Gasteiger partial charge in [-0.1, -0.05) is 5.16 Å². The van der Waals surface area contributed by atoms with E-state index in [0.717, 1.165) is 30.6 Å². The number of likely N-dealkylation sites (N-methyl/N-ethyl adjacent to an activating group) is 1. The van der Waals surface area contributed by atoms with Crippen LogP contribution in [0.1, 0.15) is 40.7 Å². The first kappa shape index (κ1) is 8.91. The van der Waals surface area contributed by atoms with Crippen molar-refractivity contribution in [2.24, 2.45) is 0 Å². The number of aromatic carboxylic acids is 1. The fraction of sp³-hybridized carbons (Fsp3) is 0.600. The third kappa shape index (κ3) is 1.07. The Bertz CT molecular complexity index is 426. The average Bonchev–Trinajstić information content (AvgIpc) is 2.69. The van der Waals surface area contributed by atoms with E-state index in [0.29, 0.717) is 6.04 Å². The first-order valence-electron chi connectivity index (χ1n) is 5.12. The second kappa shape index (κ2) is 2.82. The van der Waals surface area contributed by atoms with Crippen LogP contribution in [0.3, 0.4) is 0 Å². The van der Waals surface area contributed by atoms with Gasteiger partial charge in [0, 0.05) is 24.1 Å². The SMILES string of the molecule is CN1C2CCC1c1c(C(=O)O)noc1C2. The maximum Gasteiger partial charge on any atom is 0.358 e. The predicted molar refractivity (Wildman–Crippen MR) is 50.7 cm³/mol. The van der Waals surface area contributed by atoms with Gasteiger partial charge in [-0.2, -0.15) is 0 Å². The first-order valence-corrected chi connectivity index (χ1v) is 5.12. The van der Waals surface area contributed by atoms with Crippen molar-refractivity contribution in [3.8, 4) is 0 Å². The molecule has 0 radical (unpaired) electrons. The molecule has 3 heterocycles. The molecule has 1 N–H and O–H groups in total.